The van der Waals surface area contributed by atoms with E-state index in [0.717, 1.165) is 0 Å². The van der Waals surface area contributed by atoms with Gasteiger partial charge in [0.25, 0.3) is 0 Å². The largest absolute Gasteiger partial charge is 0.507 e. The summed E-state index contributed by atoms with van der Waals surface area (Å²) >= 11 is 0. The van der Waals surface area contributed by atoms with Crippen molar-refractivity contribution >= 4 is 5.97 Å². The summed E-state index contributed by atoms with van der Waals surface area (Å²) in [6, 6.07) is 2.80. The summed E-state index contributed by atoms with van der Waals surface area (Å²) < 4.78 is 16.3. The maximum atomic E-state index is 12.6. The first kappa shape index (κ1) is 18.7. The van der Waals surface area contributed by atoms with Crippen LogP contribution in [-0.2, 0) is 9.47 Å². The number of ether oxygens (including phenoxy) is 3. The Kier molecular flexibility index (Phi) is 5.50. The van der Waals surface area contributed by atoms with Crippen LogP contribution in [0, 0.1) is 0 Å². The number of phenols is 1. The van der Waals surface area contributed by atoms with Gasteiger partial charge < -0.3 is 29.5 Å². The molecule has 0 saturated carbocycles. The average Bonchev–Trinajstić information content (AvgIpc) is 3.09. The van der Waals surface area contributed by atoms with Gasteiger partial charge in [0.2, 0.25) is 0 Å². The van der Waals surface area contributed by atoms with Gasteiger partial charge in [0.1, 0.15) is 29.3 Å². The van der Waals surface area contributed by atoms with E-state index in [2.05, 4.69) is 0 Å². The van der Waals surface area contributed by atoms with Gasteiger partial charge in [-0.05, 0) is 25.8 Å². The van der Waals surface area contributed by atoms with Crippen LogP contribution in [0.4, 0.5) is 0 Å². The first-order valence-corrected chi connectivity index (χ1v) is 8.70. The van der Waals surface area contributed by atoms with Gasteiger partial charge in [-0.3, -0.25) is 0 Å². The van der Waals surface area contributed by atoms with Gasteiger partial charge in [0.05, 0.1) is 25.4 Å². The number of aromatic hydroxyl groups is 1. The zero-order chi connectivity index (χ0) is 18.8. The highest BCUT2D eigenvalue weighted by molar-refractivity contribution is 5.94. The highest BCUT2D eigenvalue weighted by Crippen LogP contribution is 2.38. The molecule has 2 aliphatic rings. The fourth-order valence-corrected chi connectivity index (χ4v) is 3.39. The lowest BCUT2D eigenvalue weighted by Gasteiger charge is -2.23. The van der Waals surface area contributed by atoms with Crippen LogP contribution in [0.3, 0.4) is 0 Å². The van der Waals surface area contributed by atoms with Gasteiger partial charge in [0, 0.05) is 18.1 Å². The van der Waals surface area contributed by atoms with Crippen molar-refractivity contribution in [2.75, 3.05) is 7.11 Å². The van der Waals surface area contributed by atoms with Crippen molar-refractivity contribution in [3.05, 3.63) is 35.4 Å². The Bertz CT molecular complexity index is 699. The van der Waals surface area contributed by atoms with E-state index in [1.54, 1.807) is 19.1 Å². The first-order valence-electron chi connectivity index (χ1n) is 8.70. The molecule has 1 saturated heterocycles. The Morgan fingerprint density at radius 2 is 1.92 bits per heavy atom. The minimum atomic E-state index is -1.17. The monoisotopic (exact) mass is 364 g/mol. The zero-order valence-electron chi connectivity index (χ0n) is 14.8. The van der Waals surface area contributed by atoms with Crippen molar-refractivity contribution in [2.45, 2.75) is 56.7 Å². The lowest BCUT2D eigenvalue weighted by Crippen LogP contribution is -2.27. The normalized spacial score (nSPS) is 32.0. The number of benzene rings is 1. The second kappa shape index (κ2) is 7.65. The van der Waals surface area contributed by atoms with Crippen LogP contribution in [0.15, 0.2) is 24.3 Å². The van der Waals surface area contributed by atoms with Crippen LogP contribution in [0.1, 0.15) is 48.2 Å². The van der Waals surface area contributed by atoms with Gasteiger partial charge in [-0.2, -0.15) is 0 Å². The van der Waals surface area contributed by atoms with Crippen LogP contribution in [-0.4, -0.2) is 52.8 Å². The Labute approximate surface area is 151 Å². The summed E-state index contributed by atoms with van der Waals surface area (Å²) in [5.41, 5.74) is 0.0902. The van der Waals surface area contributed by atoms with Crippen LogP contribution in [0.5, 0.6) is 11.5 Å². The SMILES string of the molecule is COc1cc(O)c2c(c1)C(O)C1CCC(O1)C(O)C=CCC(C)OC2=O. The van der Waals surface area contributed by atoms with E-state index < -0.39 is 36.5 Å². The highest BCUT2D eigenvalue weighted by Gasteiger charge is 2.37. The lowest BCUT2D eigenvalue weighted by atomic mass is 9.95. The van der Waals surface area contributed by atoms with E-state index in [-0.39, 0.29) is 16.9 Å². The minimum Gasteiger partial charge on any atom is -0.507 e. The molecule has 2 heterocycles. The number of aliphatic hydroxyl groups is 2. The molecule has 0 aromatic heterocycles. The fourth-order valence-electron chi connectivity index (χ4n) is 3.39. The molecule has 2 bridgehead atoms. The molecule has 0 spiro atoms. The number of aliphatic hydroxyl groups excluding tert-OH is 2. The third kappa shape index (κ3) is 3.70. The number of fused-ring (bicyclic) bond motifs is 3. The van der Waals surface area contributed by atoms with E-state index in [0.29, 0.717) is 25.0 Å². The number of hydrogen-bond acceptors (Lipinski definition) is 7. The average molecular weight is 364 g/mol. The number of rotatable bonds is 1. The topological polar surface area (TPSA) is 105 Å². The second-order valence-electron chi connectivity index (χ2n) is 6.72. The standard InChI is InChI=1S/C19H24O7/c1-10-4-3-5-13(20)15-6-7-16(26-15)18(22)12-8-11(24-2)9-14(21)17(12)19(23)25-10/h3,5,8-10,13,15-16,18,20-22H,4,6-7H2,1-2H3. The molecule has 142 valence electrons. The van der Waals surface area contributed by atoms with Crippen molar-refractivity contribution < 1.29 is 34.3 Å². The van der Waals surface area contributed by atoms with Gasteiger partial charge in [-0.1, -0.05) is 12.2 Å². The predicted molar refractivity (Wildman–Crippen MR) is 92.2 cm³/mol. The Hall–Kier alpha value is -2.09. The van der Waals surface area contributed by atoms with Crippen molar-refractivity contribution in [3.63, 3.8) is 0 Å². The summed E-state index contributed by atoms with van der Waals surface area (Å²) in [6.07, 6.45) is 1.39. The molecule has 1 aromatic carbocycles. The molecule has 7 heteroatoms. The predicted octanol–water partition coefficient (Wildman–Crippen LogP) is 1.85. The van der Waals surface area contributed by atoms with E-state index in [1.165, 1.54) is 19.2 Å². The summed E-state index contributed by atoms with van der Waals surface area (Å²) in [7, 11) is 1.43. The number of esters is 1. The molecule has 0 aliphatic carbocycles. The lowest BCUT2D eigenvalue weighted by molar-refractivity contribution is -0.0652. The molecule has 7 nitrogen and oxygen atoms in total. The van der Waals surface area contributed by atoms with Crippen LogP contribution in [0.25, 0.3) is 0 Å². The number of methoxy groups -OCH3 is 1. The van der Waals surface area contributed by atoms with Crippen molar-refractivity contribution in [1.82, 2.24) is 0 Å². The molecule has 2 aliphatic heterocycles. The molecule has 1 aromatic rings. The Morgan fingerprint density at radius 3 is 2.65 bits per heavy atom. The van der Waals surface area contributed by atoms with Crippen molar-refractivity contribution in [3.8, 4) is 11.5 Å². The maximum absolute atomic E-state index is 12.6. The van der Waals surface area contributed by atoms with Crippen molar-refractivity contribution in [2.24, 2.45) is 0 Å². The third-order valence-electron chi connectivity index (χ3n) is 4.81. The number of carbonyl (C=O) groups is 1. The fraction of sp³-hybridized carbons (Fsp3) is 0.526. The smallest absolute Gasteiger partial charge is 0.342 e. The van der Waals surface area contributed by atoms with Gasteiger partial charge in [-0.15, -0.1) is 0 Å². The minimum absolute atomic E-state index is 0.0963. The number of phenolic OH excluding ortho intramolecular Hbond substituents is 1. The van der Waals surface area contributed by atoms with Crippen LogP contribution in [0.2, 0.25) is 0 Å². The second-order valence-corrected chi connectivity index (χ2v) is 6.72. The van der Waals surface area contributed by atoms with Gasteiger partial charge in [0.15, 0.2) is 0 Å². The van der Waals surface area contributed by atoms with E-state index in [9.17, 15) is 20.1 Å². The molecule has 0 amide bonds. The molecular formula is C19H24O7. The molecule has 0 radical (unpaired) electrons. The van der Waals surface area contributed by atoms with E-state index in [1.807, 2.05) is 0 Å². The summed E-state index contributed by atoms with van der Waals surface area (Å²) in [5, 5.41) is 31.4. The number of carbonyl (C=O) groups excluding carboxylic acids is 1. The molecule has 5 atom stereocenters. The first-order chi connectivity index (χ1) is 12.4. The van der Waals surface area contributed by atoms with Crippen molar-refractivity contribution in [1.29, 1.82) is 0 Å². The molecule has 3 rings (SSSR count). The quantitative estimate of drug-likeness (QED) is 0.516. The molecular weight excluding hydrogens is 340 g/mol. The number of hydrogen-bond donors (Lipinski definition) is 3. The number of cyclic esters (lactones) is 1. The zero-order valence-corrected chi connectivity index (χ0v) is 14.8. The summed E-state index contributed by atoms with van der Waals surface area (Å²) in [4.78, 5) is 12.6. The van der Waals surface area contributed by atoms with Crippen LogP contribution >= 0.6 is 0 Å². The third-order valence-corrected chi connectivity index (χ3v) is 4.81. The molecule has 1 fully saturated rings. The summed E-state index contributed by atoms with van der Waals surface area (Å²) in [6.45, 7) is 1.72. The molecule has 5 unspecified atom stereocenters. The molecule has 3 N–H and O–H groups in total. The summed E-state index contributed by atoms with van der Waals surface area (Å²) in [5.74, 6) is -0.744. The van der Waals surface area contributed by atoms with Gasteiger partial charge >= 0.3 is 5.97 Å². The van der Waals surface area contributed by atoms with E-state index in [4.69, 9.17) is 14.2 Å². The molecule has 26 heavy (non-hydrogen) atoms. The Balaban J connectivity index is 2.05. The highest BCUT2D eigenvalue weighted by atomic mass is 16.5. The van der Waals surface area contributed by atoms with E-state index >= 15 is 0 Å². The van der Waals surface area contributed by atoms with Gasteiger partial charge in [-0.25, -0.2) is 4.79 Å². The van der Waals surface area contributed by atoms with Crippen LogP contribution < -0.4 is 4.74 Å². The Morgan fingerprint density at radius 1 is 1.19 bits per heavy atom. The maximum Gasteiger partial charge on any atom is 0.342 e.